The van der Waals surface area contributed by atoms with Crippen LogP contribution in [-0.4, -0.2) is 9.97 Å². The first-order valence-electron chi connectivity index (χ1n) is 4.48. The van der Waals surface area contributed by atoms with E-state index in [2.05, 4.69) is 9.97 Å². The van der Waals surface area contributed by atoms with Gasteiger partial charge in [0, 0.05) is 0 Å². The minimum atomic E-state index is -0.235. The van der Waals surface area contributed by atoms with E-state index in [0.717, 1.165) is 16.6 Å². The summed E-state index contributed by atoms with van der Waals surface area (Å²) in [5.41, 5.74) is 3.35. The quantitative estimate of drug-likeness (QED) is 0.638. The SMILES string of the molecule is Cc1cc(F)c2c(C)ncnc2c1C. The standard InChI is InChI=1S/C11H11FN2/c1-6-4-9(12)10-8(3)13-5-14-11(10)7(6)2/h4-5H,1-3H3. The molecule has 0 amide bonds. The highest BCUT2D eigenvalue weighted by Crippen LogP contribution is 2.23. The van der Waals surface area contributed by atoms with Crippen molar-refractivity contribution in [2.45, 2.75) is 20.8 Å². The molecule has 1 aromatic carbocycles. The van der Waals surface area contributed by atoms with Crippen molar-refractivity contribution in [3.05, 3.63) is 35.0 Å². The predicted molar refractivity (Wildman–Crippen MR) is 53.7 cm³/mol. The normalized spacial score (nSPS) is 10.9. The van der Waals surface area contributed by atoms with Crippen LogP contribution in [0.1, 0.15) is 16.8 Å². The minimum absolute atomic E-state index is 0.235. The molecule has 0 atom stereocenters. The number of benzene rings is 1. The molecule has 0 spiro atoms. The number of hydrogen-bond donors (Lipinski definition) is 0. The van der Waals surface area contributed by atoms with E-state index < -0.39 is 0 Å². The van der Waals surface area contributed by atoms with Crippen LogP contribution in [0.4, 0.5) is 4.39 Å². The van der Waals surface area contributed by atoms with E-state index in [1.807, 2.05) is 13.8 Å². The predicted octanol–water partition coefficient (Wildman–Crippen LogP) is 2.69. The first-order chi connectivity index (χ1) is 6.61. The molecule has 0 fully saturated rings. The van der Waals surface area contributed by atoms with Gasteiger partial charge in [0.1, 0.15) is 12.1 Å². The van der Waals surface area contributed by atoms with Crippen LogP contribution in [0.15, 0.2) is 12.4 Å². The molecular formula is C11H11FN2. The maximum absolute atomic E-state index is 13.6. The van der Waals surface area contributed by atoms with Crippen LogP contribution in [0.2, 0.25) is 0 Å². The van der Waals surface area contributed by atoms with Crippen molar-refractivity contribution in [3.8, 4) is 0 Å². The lowest BCUT2D eigenvalue weighted by Crippen LogP contribution is -1.95. The van der Waals surface area contributed by atoms with Gasteiger partial charge in [-0.2, -0.15) is 0 Å². The number of hydrogen-bond acceptors (Lipinski definition) is 2. The largest absolute Gasteiger partial charge is 0.241 e. The van der Waals surface area contributed by atoms with E-state index >= 15 is 0 Å². The highest BCUT2D eigenvalue weighted by atomic mass is 19.1. The van der Waals surface area contributed by atoms with Gasteiger partial charge in [0.25, 0.3) is 0 Å². The Kier molecular flexibility index (Phi) is 1.95. The van der Waals surface area contributed by atoms with Crippen molar-refractivity contribution < 1.29 is 4.39 Å². The lowest BCUT2D eigenvalue weighted by molar-refractivity contribution is 0.636. The highest BCUT2D eigenvalue weighted by molar-refractivity contribution is 5.85. The van der Waals surface area contributed by atoms with Crippen molar-refractivity contribution >= 4 is 10.9 Å². The van der Waals surface area contributed by atoms with E-state index in [-0.39, 0.29) is 5.82 Å². The summed E-state index contributed by atoms with van der Waals surface area (Å²) in [5, 5.41) is 0.538. The van der Waals surface area contributed by atoms with Gasteiger partial charge >= 0.3 is 0 Å². The first-order valence-corrected chi connectivity index (χ1v) is 4.48. The average Bonchev–Trinajstić information content (AvgIpc) is 2.14. The maximum Gasteiger partial charge on any atom is 0.134 e. The third kappa shape index (κ3) is 1.16. The second kappa shape index (κ2) is 3.01. The van der Waals surface area contributed by atoms with Gasteiger partial charge in [0.15, 0.2) is 0 Å². The molecule has 0 aliphatic rings. The molecule has 0 unspecified atom stereocenters. The molecule has 72 valence electrons. The van der Waals surface area contributed by atoms with Gasteiger partial charge in [-0.05, 0) is 38.0 Å². The minimum Gasteiger partial charge on any atom is -0.241 e. The van der Waals surface area contributed by atoms with Gasteiger partial charge in [-0.15, -0.1) is 0 Å². The fourth-order valence-electron chi connectivity index (χ4n) is 1.60. The molecule has 2 aromatic rings. The Bertz CT molecular complexity index is 506. The fraction of sp³-hybridized carbons (Fsp3) is 0.273. The molecule has 0 saturated heterocycles. The molecule has 3 heteroatoms. The van der Waals surface area contributed by atoms with Gasteiger partial charge in [-0.3, -0.25) is 0 Å². The second-order valence-corrected chi connectivity index (χ2v) is 3.48. The smallest absolute Gasteiger partial charge is 0.134 e. The Morgan fingerprint density at radius 2 is 1.86 bits per heavy atom. The summed E-state index contributed by atoms with van der Waals surface area (Å²) in [6.45, 7) is 5.63. The third-order valence-electron chi connectivity index (χ3n) is 2.57. The molecule has 2 rings (SSSR count). The Morgan fingerprint density at radius 3 is 2.57 bits per heavy atom. The van der Waals surface area contributed by atoms with Gasteiger partial charge in [-0.25, -0.2) is 14.4 Å². The van der Waals surface area contributed by atoms with E-state index in [1.54, 1.807) is 6.92 Å². The zero-order valence-electron chi connectivity index (χ0n) is 8.43. The average molecular weight is 190 g/mol. The molecule has 0 bridgehead atoms. The van der Waals surface area contributed by atoms with E-state index in [1.165, 1.54) is 12.4 Å². The van der Waals surface area contributed by atoms with Crippen LogP contribution < -0.4 is 0 Å². The Balaban J connectivity index is 3.02. The summed E-state index contributed by atoms with van der Waals surface area (Å²) in [7, 11) is 0. The van der Waals surface area contributed by atoms with Gasteiger partial charge in [-0.1, -0.05) is 0 Å². The number of halogens is 1. The summed E-state index contributed by atoms with van der Waals surface area (Å²) < 4.78 is 13.6. The lowest BCUT2D eigenvalue weighted by Gasteiger charge is -2.07. The Labute approximate surface area is 81.8 Å². The summed E-state index contributed by atoms with van der Waals surface area (Å²) in [6.07, 6.45) is 1.48. The Hall–Kier alpha value is -1.51. The molecule has 1 aromatic heterocycles. The molecule has 2 nitrogen and oxygen atoms in total. The van der Waals surface area contributed by atoms with Gasteiger partial charge in [0.05, 0.1) is 16.6 Å². The summed E-state index contributed by atoms with van der Waals surface area (Å²) >= 11 is 0. The molecule has 14 heavy (non-hydrogen) atoms. The molecule has 0 saturated carbocycles. The number of rotatable bonds is 0. The molecule has 0 aliphatic carbocycles. The number of aromatic nitrogens is 2. The van der Waals surface area contributed by atoms with Crippen molar-refractivity contribution in [1.29, 1.82) is 0 Å². The molecule has 0 radical (unpaired) electrons. The van der Waals surface area contributed by atoms with E-state index in [9.17, 15) is 4.39 Å². The second-order valence-electron chi connectivity index (χ2n) is 3.48. The number of aryl methyl sites for hydroxylation is 3. The van der Waals surface area contributed by atoms with Crippen molar-refractivity contribution in [2.75, 3.05) is 0 Å². The van der Waals surface area contributed by atoms with Crippen molar-refractivity contribution in [1.82, 2.24) is 9.97 Å². The van der Waals surface area contributed by atoms with Crippen LogP contribution in [0.25, 0.3) is 10.9 Å². The van der Waals surface area contributed by atoms with Gasteiger partial charge < -0.3 is 0 Å². The van der Waals surface area contributed by atoms with Crippen molar-refractivity contribution in [2.24, 2.45) is 0 Å². The van der Waals surface area contributed by atoms with E-state index in [0.29, 0.717) is 11.1 Å². The van der Waals surface area contributed by atoms with Crippen LogP contribution in [-0.2, 0) is 0 Å². The Morgan fingerprint density at radius 1 is 1.14 bits per heavy atom. The monoisotopic (exact) mass is 190 g/mol. The summed E-state index contributed by atoms with van der Waals surface area (Å²) in [4.78, 5) is 8.10. The highest BCUT2D eigenvalue weighted by Gasteiger charge is 2.10. The first kappa shape index (κ1) is 9.06. The number of nitrogens with zero attached hydrogens (tertiary/aromatic N) is 2. The molecule has 0 aliphatic heterocycles. The van der Waals surface area contributed by atoms with Gasteiger partial charge in [0.2, 0.25) is 0 Å². The molecule has 0 N–H and O–H groups in total. The zero-order chi connectivity index (χ0) is 10.3. The van der Waals surface area contributed by atoms with Crippen LogP contribution >= 0.6 is 0 Å². The molecular weight excluding hydrogens is 179 g/mol. The maximum atomic E-state index is 13.6. The van der Waals surface area contributed by atoms with E-state index in [4.69, 9.17) is 0 Å². The fourth-order valence-corrected chi connectivity index (χ4v) is 1.60. The van der Waals surface area contributed by atoms with Crippen molar-refractivity contribution in [3.63, 3.8) is 0 Å². The zero-order valence-corrected chi connectivity index (χ0v) is 8.43. The van der Waals surface area contributed by atoms with Crippen LogP contribution in [0.5, 0.6) is 0 Å². The molecule has 1 heterocycles. The number of fused-ring (bicyclic) bond motifs is 1. The van der Waals surface area contributed by atoms with Crippen LogP contribution in [0.3, 0.4) is 0 Å². The third-order valence-corrected chi connectivity index (χ3v) is 2.57. The topological polar surface area (TPSA) is 25.8 Å². The summed E-state index contributed by atoms with van der Waals surface area (Å²) in [5.74, 6) is -0.235. The van der Waals surface area contributed by atoms with Crippen LogP contribution in [0, 0.1) is 26.6 Å². The lowest BCUT2D eigenvalue weighted by atomic mass is 10.0. The summed E-state index contributed by atoms with van der Waals surface area (Å²) in [6, 6.07) is 1.54.